The number of hydrogen-bond acceptors (Lipinski definition) is 6. The molecule has 0 saturated carbocycles. The first-order chi connectivity index (χ1) is 11.3. The van der Waals surface area contributed by atoms with Crippen molar-refractivity contribution in [1.29, 1.82) is 5.41 Å². The van der Waals surface area contributed by atoms with Gasteiger partial charge in [-0.15, -0.1) is 0 Å². The van der Waals surface area contributed by atoms with E-state index in [0.717, 1.165) is 12.1 Å². The quantitative estimate of drug-likeness (QED) is 0.479. The van der Waals surface area contributed by atoms with E-state index in [-0.39, 0.29) is 34.9 Å². The Morgan fingerprint density at radius 2 is 1.83 bits per heavy atom. The van der Waals surface area contributed by atoms with Crippen LogP contribution in [0.15, 0.2) is 18.2 Å². The highest BCUT2D eigenvalue weighted by atomic mass is 19.2. The van der Waals surface area contributed by atoms with Crippen LogP contribution in [-0.2, 0) is 0 Å². The van der Waals surface area contributed by atoms with Crippen molar-refractivity contribution in [2.24, 2.45) is 0 Å². The summed E-state index contributed by atoms with van der Waals surface area (Å²) in [6.45, 7) is 1.91. The average molecular weight is 338 g/mol. The fourth-order valence-corrected chi connectivity index (χ4v) is 1.97. The van der Waals surface area contributed by atoms with E-state index in [1.807, 2.05) is 6.92 Å². The lowest BCUT2D eigenvalue weighted by Gasteiger charge is -2.12. The fraction of sp³-hybridized carbons (Fsp3) is 0.267. The average Bonchev–Trinajstić information content (AvgIpc) is 2.51. The maximum absolute atomic E-state index is 13.3. The summed E-state index contributed by atoms with van der Waals surface area (Å²) in [5.41, 5.74) is 6.09. The van der Waals surface area contributed by atoms with Gasteiger partial charge in [-0.05, 0) is 14.0 Å². The Hall–Kier alpha value is -2.68. The molecule has 0 bridgehead atoms. The molecular formula is C15H17F3N6. The zero-order valence-corrected chi connectivity index (χ0v) is 13.1. The van der Waals surface area contributed by atoms with E-state index in [2.05, 4.69) is 20.6 Å². The van der Waals surface area contributed by atoms with Crippen LogP contribution in [0.4, 0.5) is 30.6 Å². The molecule has 6 nitrogen and oxygen atoms in total. The highest BCUT2D eigenvalue weighted by Gasteiger charge is 2.13. The molecule has 1 aromatic heterocycles. The first kappa shape index (κ1) is 17.7. The smallest absolute Gasteiger partial charge is 0.222 e. The van der Waals surface area contributed by atoms with Gasteiger partial charge in [0, 0.05) is 36.3 Å². The van der Waals surface area contributed by atoms with E-state index >= 15 is 0 Å². The van der Waals surface area contributed by atoms with Crippen molar-refractivity contribution in [2.75, 3.05) is 18.1 Å². The minimum absolute atomic E-state index is 0.0365. The minimum Gasteiger partial charge on any atom is -0.368 e. The molecule has 9 heteroatoms. The van der Waals surface area contributed by atoms with Gasteiger partial charge in [-0.1, -0.05) is 0 Å². The summed E-state index contributed by atoms with van der Waals surface area (Å²) in [6.07, 6.45) is 0.409. The summed E-state index contributed by atoms with van der Waals surface area (Å²) < 4.78 is 39.5. The summed E-state index contributed by atoms with van der Waals surface area (Å²) in [5, 5.41) is 13.7. The van der Waals surface area contributed by atoms with Crippen LogP contribution in [-0.4, -0.2) is 28.8 Å². The second kappa shape index (κ2) is 7.26. The maximum Gasteiger partial charge on any atom is 0.222 e. The van der Waals surface area contributed by atoms with E-state index in [4.69, 9.17) is 11.1 Å². The van der Waals surface area contributed by atoms with Crippen molar-refractivity contribution in [3.05, 3.63) is 41.3 Å². The van der Waals surface area contributed by atoms with E-state index in [1.54, 1.807) is 7.05 Å². The van der Waals surface area contributed by atoms with E-state index in [0.29, 0.717) is 6.42 Å². The monoisotopic (exact) mass is 338 g/mol. The Morgan fingerprint density at radius 3 is 2.42 bits per heavy atom. The van der Waals surface area contributed by atoms with Crippen molar-refractivity contribution >= 4 is 23.2 Å². The van der Waals surface area contributed by atoms with Crippen LogP contribution in [0.25, 0.3) is 0 Å². The molecule has 24 heavy (non-hydrogen) atoms. The van der Waals surface area contributed by atoms with Gasteiger partial charge in [0.15, 0.2) is 17.5 Å². The first-order valence-electron chi connectivity index (χ1n) is 7.11. The largest absolute Gasteiger partial charge is 0.368 e. The van der Waals surface area contributed by atoms with Crippen molar-refractivity contribution in [1.82, 2.24) is 15.3 Å². The maximum atomic E-state index is 13.3. The standard InChI is InChI=1S/C15H17F3N6/c1-7(21-2)3-11(19)12-6-13(24-15(20)23-12)22-8-4-9(16)14(18)10(17)5-8/h4-7,19,21H,3H2,1-2H3,(H3,20,22,23,24)/t7-/m1/s1. The third-order valence-electron chi connectivity index (χ3n) is 3.31. The predicted octanol–water partition coefficient (Wildman–Crippen LogP) is 2.59. The topological polar surface area (TPSA) is 99.7 Å². The SMILES string of the molecule is CN[C@H](C)CC(=N)c1cc(Nc2cc(F)c(F)c(F)c2)nc(N)n1. The zero-order valence-electron chi connectivity index (χ0n) is 13.1. The van der Waals surface area contributed by atoms with Gasteiger partial charge in [0.25, 0.3) is 0 Å². The fourth-order valence-electron chi connectivity index (χ4n) is 1.97. The van der Waals surface area contributed by atoms with E-state index < -0.39 is 17.5 Å². The normalized spacial score (nSPS) is 12.0. The number of benzene rings is 1. The number of anilines is 3. The number of nitrogens with zero attached hydrogens (tertiary/aromatic N) is 2. The summed E-state index contributed by atoms with van der Waals surface area (Å²) in [5.74, 6) is -4.15. The molecule has 5 N–H and O–H groups in total. The van der Waals surface area contributed by atoms with Crippen LogP contribution < -0.4 is 16.4 Å². The van der Waals surface area contributed by atoms with Crippen LogP contribution in [0, 0.1) is 22.9 Å². The van der Waals surface area contributed by atoms with Gasteiger partial charge in [0.1, 0.15) is 5.82 Å². The van der Waals surface area contributed by atoms with E-state index in [9.17, 15) is 13.2 Å². The highest BCUT2D eigenvalue weighted by molar-refractivity contribution is 5.97. The van der Waals surface area contributed by atoms with Gasteiger partial charge in [0.05, 0.1) is 11.4 Å². The molecule has 0 fully saturated rings. The lowest BCUT2D eigenvalue weighted by molar-refractivity contribution is 0.448. The van der Waals surface area contributed by atoms with Crippen molar-refractivity contribution in [3.8, 4) is 0 Å². The minimum atomic E-state index is -1.55. The van der Waals surface area contributed by atoms with Crippen molar-refractivity contribution < 1.29 is 13.2 Å². The predicted molar refractivity (Wildman–Crippen MR) is 86.0 cm³/mol. The molecule has 1 atom stereocenters. The molecule has 0 spiro atoms. The lowest BCUT2D eigenvalue weighted by Crippen LogP contribution is -2.25. The van der Waals surface area contributed by atoms with Gasteiger partial charge < -0.3 is 21.8 Å². The van der Waals surface area contributed by atoms with Crippen LogP contribution in [0.3, 0.4) is 0 Å². The molecule has 0 radical (unpaired) electrons. The molecule has 2 rings (SSSR count). The lowest BCUT2D eigenvalue weighted by atomic mass is 10.1. The third-order valence-corrected chi connectivity index (χ3v) is 3.31. The van der Waals surface area contributed by atoms with Crippen LogP contribution in [0.1, 0.15) is 19.0 Å². The Labute approximate surface area is 136 Å². The van der Waals surface area contributed by atoms with Crippen LogP contribution in [0.2, 0.25) is 0 Å². The molecule has 128 valence electrons. The zero-order chi connectivity index (χ0) is 17.9. The highest BCUT2D eigenvalue weighted by Crippen LogP contribution is 2.21. The Morgan fingerprint density at radius 1 is 1.21 bits per heavy atom. The summed E-state index contributed by atoms with van der Waals surface area (Å²) in [7, 11) is 1.77. The molecule has 0 aliphatic heterocycles. The Balaban J connectivity index is 2.27. The Kier molecular flexibility index (Phi) is 5.35. The third kappa shape index (κ3) is 4.19. The van der Waals surface area contributed by atoms with Gasteiger partial charge in [0.2, 0.25) is 5.95 Å². The molecule has 0 saturated heterocycles. The number of hydrogen-bond donors (Lipinski definition) is 4. The summed E-state index contributed by atoms with van der Waals surface area (Å²) in [6, 6.07) is 3.08. The molecule has 0 unspecified atom stereocenters. The van der Waals surface area contributed by atoms with Crippen molar-refractivity contribution in [2.45, 2.75) is 19.4 Å². The molecule has 0 aliphatic carbocycles. The second-order valence-electron chi connectivity index (χ2n) is 5.25. The van der Waals surface area contributed by atoms with Gasteiger partial charge in [-0.3, -0.25) is 0 Å². The number of halogens is 3. The number of aromatic nitrogens is 2. The number of nitrogens with one attached hydrogen (secondary N) is 3. The number of nitrogens with two attached hydrogens (primary N) is 1. The van der Waals surface area contributed by atoms with Gasteiger partial charge in [-0.25, -0.2) is 18.2 Å². The summed E-state index contributed by atoms with van der Waals surface area (Å²) in [4.78, 5) is 7.88. The molecule has 1 aromatic carbocycles. The number of rotatable bonds is 6. The number of nitrogen functional groups attached to an aromatic ring is 1. The molecule has 1 heterocycles. The molecule has 0 aliphatic rings. The molecule has 0 amide bonds. The first-order valence-corrected chi connectivity index (χ1v) is 7.11. The summed E-state index contributed by atoms with van der Waals surface area (Å²) >= 11 is 0. The van der Waals surface area contributed by atoms with E-state index in [1.165, 1.54) is 6.07 Å². The van der Waals surface area contributed by atoms with Gasteiger partial charge in [-0.2, -0.15) is 4.98 Å². The van der Waals surface area contributed by atoms with Crippen LogP contribution in [0.5, 0.6) is 0 Å². The van der Waals surface area contributed by atoms with Gasteiger partial charge >= 0.3 is 0 Å². The Bertz CT molecular complexity index is 742. The molecular weight excluding hydrogens is 321 g/mol. The van der Waals surface area contributed by atoms with Crippen molar-refractivity contribution in [3.63, 3.8) is 0 Å². The second-order valence-corrected chi connectivity index (χ2v) is 5.25. The van der Waals surface area contributed by atoms with Crippen LogP contribution >= 0.6 is 0 Å². The molecule has 2 aromatic rings.